The van der Waals surface area contributed by atoms with Crippen LogP contribution in [0, 0.1) is 0 Å². The molecule has 0 unspecified atom stereocenters. The van der Waals surface area contributed by atoms with E-state index in [0.717, 1.165) is 0 Å². The van der Waals surface area contributed by atoms with Crippen molar-refractivity contribution in [2.45, 2.75) is 35.6 Å². The number of aliphatic hydroxyl groups is 1. The Morgan fingerprint density at radius 1 is 1.67 bits per heavy atom. The fraction of sp³-hybridized carbons (Fsp3) is 0.889. The van der Waals surface area contributed by atoms with E-state index in [2.05, 4.69) is 15.9 Å². The predicted octanol–water partition coefficient (Wildman–Crippen LogP) is 0.349. The van der Waals surface area contributed by atoms with E-state index in [0.29, 0.717) is 6.42 Å². The van der Waals surface area contributed by atoms with Crippen LogP contribution in [-0.4, -0.2) is 59.4 Å². The van der Waals surface area contributed by atoms with Gasteiger partial charge in [-0.05, 0) is 6.42 Å². The van der Waals surface area contributed by atoms with Crippen LogP contribution in [0.1, 0.15) is 6.42 Å². The minimum Gasteiger partial charge on any atom is -0.441 e. The minimum atomic E-state index is -0.671. The largest absolute Gasteiger partial charge is 0.441 e. The molecule has 1 saturated heterocycles. The molecule has 1 aliphatic heterocycles. The maximum atomic E-state index is 11.4. The fourth-order valence-corrected chi connectivity index (χ4v) is 2.96. The van der Waals surface area contributed by atoms with Gasteiger partial charge in [-0.3, -0.25) is 0 Å². The van der Waals surface area contributed by atoms with E-state index >= 15 is 0 Å². The van der Waals surface area contributed by atoms with Gasteiger partial charge in [-0.1, -0.05) is 15.9 Å². The Kier molecular flexibility index (Phi) is 2.92. The standard InChI is InChI=1S/C9H14BrNO4/c1-11-6-5(14-2)3-4(10)7(12)8(6)15-9(11)13/h4-8,12H,3H2,1-2H3/t4-,5-,6-,7+,8-/m1/s1. The third kappa shape index (κ3) is 1.64. The molecule has 1 amide bonds. The van der Waals surface area contributed by atoms with E-state index in [1.807, 2.05) is 0 Å². The lowest BCUT2D eigenvalue weighted by molar-refractivity contribution is -0.0630. The molecule has 1 heterocycles. The Morgan fingerprint density at radius 3 is 2.93 bits per heavy atom. The Bertz CT molecular complexity index is 275. The van der Waals surface area contributed by atoms with Crippen LogP contribution in [0.3, 0.4) is 0 Å². The van der Waals surface area contributed by atoms with E-state index in [1.54, 1.807) is 14.2 Å². The summed E-state index contributed by atoms with van der Waals surface area (Å²) < 4.78 is 10.4. The number of rotatable bonds is 1. The van der Waals surface area contributed by atoms with Crippen LogP contribution < -0.4 is 0 Å². The van der Waals surface area contributed by atoms with E-state index in [1.165, 1.54) is 4.90 Å². The van der Waals surface area contributed by atoms with Crippen LogP contribution in [0.2, 0.25) is 0 Å². The first-order valence-electron chi connectivity index (χ1n) is 4.84. The highest BCUT2D eigenvalue weighted by Gasteiger charge is 2.53. The number of fused-ring (bicyclic) bond motifs is 1. The number of likely N-dealkylation sites (N-methyl/N-ethyl adjacent to an activating group) is 1. The molecule has 5 nitrogen and oxygen atoms in total. The molecule has 1 aliphatic carbocycles. The average Bonchev–Trinajstić information content (AvgIpc) is 2.50. The lowest BCUT2D eigenvalue weighted by atomic mass is 9.87. The monoisotopic (exact) mass is 279 g/mol. The Balaban J connectivity index is 2.24. The van der Waals surface area contributed by atoms with Gasteiger partial charge >= 0.3 is 6.09 Å². The van der Waals surface area contributed by atoms with Gasteiger partial charge in [0.1, 0.15) is 12.1 Å². The summed E-state index contributed by atoms with van der Waals surface area (Å²) in [5.74, 6) is 0. The topological polar surface area (TPSA) is 59.0 Å². The number of hydrogen-bond donors (Lipinski definition) is 1. The zero-order valence-electron chi connectivity index (χ0n) is 8.59. The highest BCUT2D eigenvalue weighted by molar-refractivity contribution is 9.09. The quantitative estimate of drug-likeness (QED) is 0.704. The molecule has 1 N–H and O–H groups in total. The number of methoxy groups -OCH3 is 1. The highest BCUT2D eigenvalue weighted by atomic mass is 79.9. The lowest BCUT2D eigenvalue weighted by Gasteiger charge is -2.38. The Hall–Kier alpha value is -0.330. The average molecular weight is 280 g/mol. The third-order valence-electron chi connectivity index (χ3n) is 3.16. The zero-order chi connectivity index (χ0) is 11.2. The van der Waals surface area contributed by atoms with E-state index in [9.17, 15) is 9.90 Å². The van der Waals surface area contributed by atoms with Gasteiger partial charge in [0.05, 0.1) is 6.10 Å². The molecule has 6 heteroatoms. The van der Waals surface area contributed by atoms with Gasteiger partial charge in [-0.15, -0.1) is 0 Å². The van der Waals surface area contributed by atoms with Crippen LogP contribution in [0.5, 0.6) is 0 Å². The molecule has 5 atom stereocenters. The van der Waals surface area contributed by atoms with Crippen molar-refractivity contribution in [1.29, 1.82) is 0 Å². The lowest BCUT2D eigenvalue weighted by Crippen LogP contribution is -2.56. The molecule has 1 saturated carbocycles. The molecule has 0 radical (unpaired) electrons. The van der Waals surface area contributed by atoms with Gasteiger partial charge in [0.2, 0.25) is 0 Å². The predicted molar refractivity (Wildman–Crippen MR) is 56.0 cm³/mol. The first kappa shape index (κ1) is 11.2. The van der Waals surface area contributed by atoms with Crippen molar-refractivity contribution < 1.29 is 19.4 Å². The molecular weight excluding hydrogens is 266 g/mol. The summed E-state index contributed by atoms with van der Waals surface area (Å²) in [5.41, 5.74) is 0. The molecule has 0 aromatic rings. The summed E-state index contributed by atoms with van der Waals surface area (Å²) in [6.07, 6.45) is -0.993. The summed E-state index contributed by atoms with van der Waals surface area (Å²) in [5, 5.41) is 9.89. The zero-order valence-corrected chi connectivity index (χ0v) is 10.2. The minimum absolute atomic E-state index is 0.0944. The molecular formula is C9H14BrNO4. The SMILES string of the molecule is CO[C@@H]1C[C@@H](Br)[C@H](O)[C@@H]2OC(=O)N(C)[C@@H]21. The van der Waals surface area contributed by atoms with Gasteiger partial charge in [0, 0.05) is 19.0 Å². The number of nitrogens with zero attached hydrogens (tertiary/aromatic N) is 1. The normalized spacial score (nSPS) is 45.2. The van der Waals surface area contributed by atoms with E-state index in [4.69, 9.17) is 9.47 Å². The molecule has 2 aliphatic rings. The van der Waals surface area contributed by atoms with Crippen LogP contribution in [0.25, 0.3) is 0 Å². The first-order chi connectivity index (χ1) is 7.06. The van der Waals surface area contributed by atoms with Crippen molar-refractivity contribution in [3.63, 3.8) is 0 Å². The summed E-state index contributed by atoms with van der Waals surface area (Å²) in [7, 11) is 3.27. The van der Waals surface area contributed by atoms with Gasteiger partial charge in [-0.2, -0.15) is 0 Å². The summed E-state index contributed by atoms with van der Waals surface area (Å²) in [6, 6.07) is -0.189. The van der Waals surface area contributed by atoms with Gasteiger partial charge in [0.15, 0.2) is 6.10 Å². The van der Waals surface area contributed by atoms with Gasteiger partial charge < -0.3 is 19.5 Å². The van der Waals surface area contributed by atoms with Crippen molar-refractivity contribution in [2.75, 3.05) is 14.2 Å². The maximum Gasteiger partial charge on any atom is 0.410 e. The van der Waals surface area contributed by atoms with Gasteiger partial charge in [0.25, 0.3) is 0 Å². The second-order valence-corrected chi connectivity index (χ2v) is 5.14. The first-order valence-corrected chi connectivity index (χ1v) is 5.76. The van der Waals surface area contributed by atoms with Crippen molar-refractivity contribution in [1.82, 2.24) is 4.90 Å². The molecule has 0 bridgehead atoms. The van der Waals surface area contributed by atoms with Crippen molar-refractivity contribution in [2.24, 2.45) is 0 Å². The summed E-state index contributed by atoms with van der Waals surface area (Å²) in [6.45, 7) is 0. The van der Waals surface area contributed by atoms with Crippen molar-refractivity contribution in [3.05, 3.63) is 0 Å². The van der Waals surface area contributed by atoms with Crippen molar-refractivity contribution >= 4 is 22.0 Å². The Morgan fingerprint density at radius 2 is 2.33 bits per heavy atom. The van der Waals surface area contributed by atoms with E-state index in [-0.39, 0.29) is 17.0 Å². The number of amides is 1. The second-order valence-electron chi connectivity index (χ2n) is 3.97. The number of carbonyl (C=O) groups is 1. The number of alkyl halides is 1. The fourth-order valence-electron chi connectivity index (χ4n) is 2.29. The molecule has 86 valence electrons. The maximum absolute atomic E-state index is 11.4. The van der Waals surface area contributed by atoms with Crippen LogP contribution in [-0.2, 0) is 9.47 Å². The third-order valence-corrected chi connectivity index (χ3v) is 4.07. The second kappa shape index (κ2) is 3.92. The van der Waals surface area contributed by atoms with Crippen LogP contribution in [0.15, 0.2) is 0 Å². The van der Waals surface area contributed by atoms with Crippen LogP contribution >= 0.6 is 15.9 Å². The number of hydrogen-bond acceptors (Lipinski definition) is 4. The molecule has 0 spiro atoms. The van der Waals surface area contributed by atoms with Crippen LogP contribution in [0.4, 0.5) is 4.79 Å². The number of ether oxygens (including phenoxy) is 2. The molecule has 0 aromatic heterocycles. The summed E-state index contributed by atoms with van der Waals surface area (Å²) >= 11 is 3.37. The Labute approximate surface area is 96.5 Å². The molecule has 15 heavy (non-hydrogen) atoms. The number of halogens is 1. The smallest absolute Gasteiger partial charge is 0.410 e. The van der Waals surface area contributed by atoms with E-state index < -0.39 is 18.3 Å². The number of aliphatic hydroxyl groups excluding tert-OH is 1. The van der Waals surface area contributed by atoms with Crippen molar-refractivity contribution in [3.8, 4) is 0 Å². The van der Waals surface area contributed by atoms with Gasteiger partial charge in [-0.25, -0.2) is 4.79 Å². The molecule has 0 aromatic carbocycles. The summed E-state index contributed by atoms with van der Waals surface area (Å²) in [4.78, 5) is 12.8. The molecule has 2 fully saturated rings. The molecule has 2 rings (SSSR count). The number of carbonyl (C=O) groups excluding carboxylic acids is 1. The highest BCUT2D eigenvalue weighted by Crippen LogP contribution is 2.35.